The summed E-state index contributed by atoms with van der Waals surface area (Å²) < 4.78 is 14.5. The van der Waals surface area contributed by atoms with E-state index in [4.69, 9.17) is 19.1 Å². The molecule has 0 radical (unpaired) electrons. The van der Waals surface area contributed by atoms with E-state index in [1.54, 1.807) is 0 Å². The summed E-state index contributed by atoms with van der Waals surface area (Å²) in [7, 11) is -2.87. The van der Waals surface area contributed by atoms with Crippen molar-refractivity contribution in [2.24, 2.45) is 0 Å². The standard InChI is InChI=1S/C13H10O.HO3P/c1-3-7-12-10(5-1)9-11-6-2-4-8-13(11)14-12;1-4(2)3/h1-8H,9H2;(H-,1,2,3)/p+1. The summed E-state index contributed by atoms with van der Waals surface area (Å²) in [4.78, 5) is 14.2. The Bertz CT molecular complexity index is 477. The second kappa shape index (κ2) is 5.74. The van der Waals surface area contributed by atoms with Gasteiger partial charge in [-0.25, -0.2) is 0 Å². The average molecular weight is 263 g/mol. The summed E-state index contributed by atoms with van der Waals surface area (Å²) in [5, 5.41) is 0. The lowest BCUT2D eigenvalue weighted by Crippen LogP contribution is -2.01. The van der Waals surface area contributed by atoms with Crippen LogP contribution in [0.4, 0.5) is 0 Å². The van der Waals surface area contributed by atoms with Gasteiger partial charge in [-0.05, 0) is 23.3 Å². The Kier molecular flexibility index (Phi) is 4.05. The largest absolute Gasteiger partial charge is 0.692 e. The number of rotatable bonds is 0. The number of benzene rings is 2. The molecule has 0 saturated heterocycles. The minimum atomic E-state index is -2.87. The van der Waals surface area contributed by atoms with E-state index in [0.717, 1.165) is 17.9 Å². The zero-order chi connectivity index (χ0) is 13.0. The average Bonchev–Trinajstić information content (AvgIpc) is 2.35. The molecule has 0 aliphatic carbocycles. The highest BCUT2D eigenvalue weighted by Gasteiger charge is 2.14. The van der Waals surface area contributed by atoms with E-state index in [0.29, 0.717) is 0 Å². The van der Waals surface area contributed by atoms with Gasteiger partial charge in [-0.1, -0.05) is 36.4 Å². The van der Waals surface area contributed by atoms with Gasteiger partial charge < -0.3 is 4.74 Å². The van der Waals surface area contributed by atoms with Gasteiger partial charge in [0.1, 0.15) is 11.5 Å². The highest BCUT2D eigenvalue weighted by molar-refractivity contribution is 7.30. The van der Waals surface area contributed by atoms with Gasteiger partial charge in [-0.15, -0.1) is 9.79 Å². The second-order valence-electron chi connectivity index (χ2n) is 3.75. The van der Waals surface area contributed by atoms with Crippen molar-refractivity contribution in [3.8, 4) is 11.5 Å². The van der Waals surface area contributed by atoms with Crippen LogP contribution in [0.25, 0.3) is 0 Å². The Labute approximate surface area is 105 Å². The third kappa shape index (κ3) is 3.14. The Hall–Kier alpha value is -1.74. The molecule has 0 fully saturated rings. The first-order valence-corrected chi connectivity index (χ1v) is 6.52. The molecule has 0 saturated carbocycles. The fraction of sp³-hybridized carbons (Fsp3) is 0.0769. The van der Waals surface area contributed by atoms with Crippen molar-refractivity contribution in [1.29, 1.82) is 0 Å². The number of para-hydroxylation sites is 2. The number of hydrogen-bond acceptors (Lipinski definition) is 2. The molecule has 0 aromatic heterocycles. The molecule has 0 unspecified atom stereocenters. The molecule has 0 atom stereocenters. The van der Waals surface area contributed by atoms with Crippen LogP contribution < -0.4 is 4.74 Å². The predicted molar refractivity (Wildman–Crippen MR) is 67.8 cm³/mol. The van der Waals surface area contributed by atoms with Gasteiger partial charge >= 0.3 is 8.25 Å². The van der Waals surface area contributed by atoms with Gasteiger partial charge in [0.25, 0.3) is 0 Å². The maximum atomic E-state index is 8.70. The Morgan fingerprint density at radius 2 is 1.28 bits per heavy atom. The molecule has 0 amide bonds. The number of fused-ring (bicyclic) bond motifs is 2. The summed E-state index contributed by atoms with van der Waals surface area (Å²) >= 11 is 0. The third-order valence-electron chi connectivity index (χ3n) is 2.55. The highest BCUT2D eigenvalue weighted by Crippen LogP contribution is 2.35. The third-order valence-corrected chi connectivity index (χ3v) is 2.55. The molecule has 92 valence electrons. The molecule has 0 bridgehead atoms. The lowest BCUT2D eigenvalue weighted by atomic mass is 10.0. The van der Waals surface area contributed by atoms with E-state index < -0.39 is 8.25 Å². The second-order valence-corrected chi connectivity index (χ2v) is 4.25. The van der Waals surface area contributed by atoms with Crippen LogP contribution in [0.5, 0.6) is 11.5 Å². The lowest BCUT2D eigenvalue weighted by Gasteiger charge is -2.19. The van der Waals surface area contributed by atoms with Gasteiger partial charge in [-0.2, -0.15) is 0 Å². The first kappa shape index (κ1) is 12.7. The molecule has 2 N–H and O–H groups in total. The summed E-state index contributed by atoms with van der Waals surface area (Å²) in [6.45, 7) is 0. The molecule has 1 aliphatic rings. The van der Waals surface area contributed by atoms with Crippen molar-refractivity contribution in [2.45, 2.75) is 6.42 Å². The van der Waals surface area contributed by atoms with Gasteiger partial charge in [0.05, 0.1) is 0 Å². The zero-order valence-corrected chi connectivity index (χ0v) is 10.4. The van der Waals surface area contributed by atoms with E-state index in [1.807, 2.05) is 24.3 Å². The predicted octanol–water partition coefficient (Wildman–Crippen LogP) is 3.01. The highest BCUT2D eigenvalue weighted by atomic mass is 31.1. The van der Waals surface area contributed by atoms with Gasteiger partial charge in [0, 0.05) is 11.0 Å². The van der Waals surface area contributed by atoms with Crippen LogP contribution in [0, 0.1) is 0 Å². The summed E-state index contributed by atoms with van der Waals surface area (Å²) in [5.74, 6) is 1.98. The van der Waals surface area contributed by atoms with Crippen molar-refractivity contribution in [3.63, 3.8) is 0 Å². The Morgan fingerprint density at radius 3 is 1.72 bits per heavy atom. The molecular formula is C13H12O4P+. The fourth-order valence-corrected chi connectivity index (χ4v) is 1.82. The number of ether oxygens (including phenoxy) is 1. The lowest BCUT2D eigenvalue weighted by molar-refractivity contribution is 0.405. The monoisotopic (exact) mass is 263 g/mol. The van der Waals surface area contributed by atoms with Crippen molar-refractivity contribution in [3.05, 3.63) is 59.7 Å². The van der Waals surface area contributed by atoms with Crippen LogP contribution in [-0.4, -0.2) is 9.79 Å². The quantitative estimate of drug-likeness (QED) is 0.612. The summed E-state index contributed by atoms with van der Waals surface area (Å²) in [6.07, 6.45) is 0.979. The minimum Gasteiger partial charge on any atom is -0.457 e. The minimum absolute atomic E-state index is 0.979. The topological polar surface area (TPSA) is 66.8 Å². The first-order valence-electron chi connectivity index (χ1n) is 5.35. The molecule has 3 rings (SSSR count). The molecule has 5 heteroatoms. The summed E-state index contributed by atoms with van der Waals surface area (Å²) in [6, 6.07) is 16.4. The molecule has 1 heterocycles. The van der Waals surface area contributed by atoms with E-state index in [-0.39, 0.29) is 0 Å². The van der Waals surface area contributed by atoms with Crippen LogP contribution in [0.1, 0.15) is 11.1 Å². The molecule has 2 aromatic rings. The van der Waals surface area contributed by atoms with Crippen molar-refractivity contribution < 1.29 is 19.1 Å². The zero-order valence-electron chi connectivity index (χ0n) is 9.48. The maximum absolute atomic E-state index is 8.70. The van der Waals surface area contributed by atoms with Crippen LogP contribution in [-0.2, 0) is 11.0 Å². The Balaban J connectivity index is 0.000000267. The molecule has 1 aliphatic heterocycles. The number of hydrogen-bond donors (Lipinski definition) is 2. The van der Waals surface area contributed by atoms with E-state index >= 15 is 0 Å². The fourth-order valence-electron chi connectivity index (χ4n) is 1.82. The van der Waals surface area contributed by atoms with E-state index in [9.17, 15) is 0 Å². The first-order chi connectivity index (χ1) is 8.66. The molecule has 4 nitrogen and oxygen atoms in total. The van der Waals surface area contributed by atoms with Gasteiger partial charge in [0.2, 0.25) is 0 Å². The van der Waals surface area contributed by atoms with Gasteiger partial charge in [-0.3, -0.25) is 0 Å². The van der Waals surface area contributed by atoms with E-state index in [1.165, 1.54) is 11.1 Å². The van der Waals surface area contributed by atoms with Crippen LogP contribution in [0.15, 0.2) is 48.5 Å². The normalized spacial score (nSPS) is 11.2. The van der Waals surface area contributed by atoms with Crippen LogP contribution in [0.3, 0.4) is 0 Å². The van der Waals surface area contributed by atoms with Crippen molar-refractivity contribution >= 4 is 8.25 Å². The van der Waals surface area contributed by atoms with Crippen LogP contribution in [0.2, 0.25) is 0 Å². The van der Waals surface area contributed by atoms with Crippen molar-refractivity contribution in [1.82, 2.24) is 0 Å². The summed E-state index contributed by atoms with van der Waals surface area (Å²) in [5.41, 5.74) is 2.54. The molecule has 0 spiro atoms. The smallest absolute Gasteiger partial charge is 0.457 e. The Morgan fingerprint density at radius 1 is 0.889 bits per heavy atom. The molecule has 18 heavy (non-hydrogen) atoms. The van der Waals surface area contributed by atoms with Crippen molar-refractivity contribution in [2.75, 3.05) is 0 Å². The maximum Gasteiger partial charge on any atom is 0.692 e. The van der Waals surface area contributed by atoms with E-state index in [2.05, 4.69) is 24.3 Å². The molecular weight excluding hydrogens is 251 g/mol. The van der Waals surface area contributed by atoms with Gasteiger partial charge in [0.15, 0.2) is 0 Å². The van der Waals surface area contributed by atoms with Crippen LogP contribution >= 0.6 is 8.25 Å². The molecule has 2 aromatic carbocycles. The SMILES string of the molecule is O=[P+](O)O.c1ccc2c(c1)Cc1ccccc1O2.